The third-order valence-electron chi connectivity index (χ3n) is 6.53. The zero-order valence-corrected chi connectivity index (χ0v) is 19.7. The number of nitrogens with zero attached hydrogens (tertiary/aromatic N) is 2. The van der Waals surface area contributed by atoms with Crippen molar-refractivity contribution in [2.45, 2.75) is 72.0 Å². The van der Waals surface area contributed by atoms with Crippen molar-refractivity contribution in [1.82, 2.24) is 9.88 Å². The quantitative estimate of drug-likeness (QED) is 0.552. The van der Waals surface area contributed by atoms with Crippen LogP contribution in [-0.2, 0) is 16.9 Å². The molecule has 6 nitrogen and oxygen atoms in total. The van der Waals surface area contributed by atoms with E-state index in [9.17, 15) is 24.2 Å². The Morgan fingerprint density at radius 2 is 1.83 bits per heavy atom. The van der Waals surface area contributed by atoms with Crippen LogP contribution in [0.25, 0.3) is 0 Å². The maximum atomic E-state index is 15.1. The van der Waals surface area contributed by atoms with Crippen LogP contribution in [0.4, 0.5) is 13.6 Å². The molecule has 1 aromatic heterocycles. The third-order valence-corrected chi connectivity index (χ3v) is 6.94. The molecule has 30 heavy (non-hydrogen) atoms. The van der Waals surface area contributed by atoms with Crippen molar-refractivity contribution in [1.29, 1.82) is 0 Å². The second-order valence-electron chi connectivity index (χ2n) is 9.87. The van der Waals surface area contributed by atoms with Crippen LogP contribution in [0.3, 0.4) is 0 Å². The van der Waals surface area contributed by atoms with Gasteiger partial charge in [-0.05, 0) is 61.0 Å². The summed E-state index contributed by atoms with van der Waals surface area (Å²) >= 11 is 3.16. The summed E-state index contributed by atoms with van der Waals surface area (Å²) in [4.78, 5) is 29.7. The van der Waals surface area contributed by atoms with Gasteiger partial charge in [-0.15, -0.1) is 0 Å². The zero-order chi connectivity index (χ0) is 23.3. The van der Waals surface area contributed by atoms with Gasteiger partial charge in [0.1, 0.15) is 10.3 Å². The molecule has 2 atom stereocenters. The van der Waals surface area contributed by atoms with Crippen LogP contribution >= 0.6 is 15.9 Å². The third kappa shape index (κ3) is 4.31. The second-order valence-corrected chi connectivity index (χ2v) is 10.7. The highest BCUT2D eigenvalue weighted by Crippen LogP contribution is 2.50. The standard InChI is InChI=1S/C21H29BrF2N2O4/c1-18(2,3)20(6)11-21(16(27)28,7-8-26(20)17(29)30)10-13-15(23)12(19(4,5)24)9-14(22)25-13/h9H,7-8,10-11H2,1-6H3,(H,27,28)(H,29,30)/t20-,21+/m1/s1. The molecule has 2 rings (SSSR count). The molecular weight excluding hydrogens is 462 g/mol. The van der Waals surface area contributed by atoms with E-state index in [0.29, 0.717) is 0 Å². The Kier molecular flexibility index (Phi) is 6.31. The first kappa shape index (κ1) is 24.5. The molecule has 0 aromatic carbocycles. The largest absolute Gasteiger partial charge is 0.481 e. The molecule has 0 radical (unpaired) electrons. The van der Waals surface area contributed by atoms with Crippen LogP contribution in [0.2, 0.25) is 0 Å². The van der Waals surface area contributed by atoms with E-state index in [4.69, 9.17) is 0 Å². The Bertz CT molecular complexity index is 866. The molecule has 0 spiro atoms. The topological polar surface area (TPSA) is 90.7 Å². The van der Waals surface area contributed by atoms with Gasteiger partial charge in [-0.1, -0.05) is 20.8 Å². The van der Waals surface area contributed by atoms with E-state index in [-0.39, 0.29) is 41.7 Å². The number of pyridine rings is 1. The number of piperidine rings is 1. The van der Waals surface area contributed by atoms with Gasteiger partial charge in [0.25, 0.3) is 0 Å². The lowest BCUT2D eigenvalue weighted by atomic mass is 9.60. The Labute approximate surface area is 183 Å². The molecule has 1 aliphatic rings. The summed E-state index contributed by atoms with van der Waals surface area (Å²) in [6.45, 7) is 9.70. The van der Waals surface area contributed by atoms with E-state index >= 15 is 4.39 Å². The van der Waals surface area contributed by atoms with E-state index in [1.807, 2.05) is 20.8 Å². The fourth-order valence-electron chi connectivity index (χ4n) is 4.22. The molecule has 1 amide bonds. The van der Waals surface area contributed by atoms with Crippen LogP contribution in [0.15, 0.2) is 10.7 Å². The van der Waals surface area contributed by atoms with Crippen molar-refractivity contribution in [2.75, 3.05) is 6.54 Å². The number of likely N-dealkylation sites (tertiary alicyclic amines) is 1. The minimum atomic E-state index is -1.98. The van der Waals surface area contributed by atoms with Crippen molar-refractivity contribution in [2.24, 2.45) is 10.8 Å². The van der Waals surface area contributed by atoms with Gasteiger partial charge in [0, 0.05) is 24.1 Å². The predicted octanol–water partition coefficient (Wildman–Crippen LogP) is 5.38. The smallest absolute Gasteiger partial charge is 0.407 e. The number of carboxylic acid groups (broad SMARTS) is 2. The number of amides is 1. The molecule has 0 saturated carbocycles. The Morgan fingerprint density at radius 3 is 2.27 bits per heavy atom. The summed E-state index contributed by atoms with van der Waals surface area (Å²) in [5.74, 6) is -2.02. The Morgan fingerprint density at radius 1 is 1.27 bits per heavy atom. The number of halogens is 3. The minimum absolute atomic E-state index is 0.00227. The van der Waals surface area contributed by atoms with Gasteiger partial charge < -0.3 is 15.1 Å². The molecule has 9 heteroatoms. The summed E-state index contributed by atoms with van der Waals surface area (Å²) in [6, 6.07) is 1.25. The summed E-state index contributed by atoms with van der Waals surface area (Å²) < 4.78 is 29.9. The van der Waals surface area contributed by atoms with Gasteiger partial charge in [0.2, 0.25) is 0 Å². The first-order chi connectivity index (χ1) is 13.4. The predicted molar refractivity (Wildman–Crippen MR) is 112 cm³/mol. The SMILES string of the molecule is CC(C)(F)c1cc(Br)nc(C[C@@]2(C(=O)O)CCN(C(=O)O)[C@@](C)(C(C)(C)C)C2)c1F. The summed E-state index contributed by atoms with van der Waals surface area (Å²) in [5, 5.41) is 19.9. The molecule has 2 heterocycles. The van der Waals surface area contributed by atoms with Crippen molar-refractivity contribution >= 4 is 28.0 Å². The molecule has 0 unspecified atom stereocenters. The maximum Gasteiger partial charge on any atom is 0.407 e. The molecule has 1 fully saturated rings. The van der Waals surface area contributed by atoms with E-state index in [1.54, 1.807) is 6.92 Å². The van der Waals surface area contributed by atoms with Gasteiger partial charge in [-0.25, -0.2) is 18.6 Å². The lowest BCUT2D eigenvalue weighted by molar-refractivity contribution is -0.159. The van der Waals surface area contributed by atoms with Crippen molar-refractivity contribution in [3.8, 4) is 0 Å². The van der Waals surface area contributed by atoms with Gasteiger partial charge in [0.15, 0.2) is 5.82 Å². The van der Waals surface area contributed by atoms with Crippen LogP contribution in [-0.4, -0.2) is 44.2 Å². The molecule has 1 saturated heterocycles. The number of aliphatic carboxylic acids is 1. The lowest BCUT2D eigenvalue weighted by Crippen LogP contribution is -2.64. The van der Waals surface area contributed by atoms with Crippen LogP contribution in [0.5, 0.6) is 0 Å². The monoisotopic (exact) mass is 490 g/mol. The molecule has 1 aliphatic heterocycles. The highest BCUT2D eigenvalue weighted by molar-refractivity contribution is 9.10. The Hall–Kier alpha value is -1.77. The highest BCUT2D eigenvalue weighted by Gasteiger charge is 2.57. The fourth-order valence-corrected chi connectivity index (χ4v) is 4.66. The first-order valence-electron chi connectivity index (χ1n) is 9.73. The summed E-state index contributed by atoms with van der Waals surface area (Å²) in [6.07, 6.45) is -1.41. The number of hydrogen-bond acceptors (Lipinski definition) is 3. The zero-order valence-electron chi connectivity index (χ0n) is 18.1. The number of alkyl halides is 1. The number of carbonyl (C=O) groups is 2. The average Bonchev–Trinajstić information content (AvgIpc) is 2.55. The van der Waals surface area contributed by atoms with E-state index in [0.717, 1.165) is 0 Å². The normalized spacial score (nSPS) is 25.3. The number of rotatable bonds is 4. The number of aromatic nitrogens is 1. The van der Waals surface area contributed by atoms with E-state index < -0.39 is 39.9 Å². The first-order valence-corrected chi connectivity index (χ1v) is 10.5. The molecule has 2 N–H and O–H groups in total. The average molecular weight is 491 g/mol. The number of hydrogen-bond donors (Lipinski definition) is 2. The van der Waals surface area contributed by atoms with Gasteiger partial charge in [-0.3, -0.25) is 4.79 Å². The van der Waals surface area contributed by atoms with Crippen LogP contribution in [0.1, 0.15) is 65.6 Å². The second kappa shape index (κ2) is 7.73. The molecule has 168 valence electrons. The molecular formula is C21H29BrF2N2O4. The number of carboxylic acids is 1. The van der Waals surface area contributed by atoms with Gasteiger partial charge in [-0.2, -0.15) is 0 Å². The summed E-state index contributed by atoms with van der Waals surface area (Å²) in [7, 11) is 0. The van der Waals surface area contributed by atoms with Crippen molar-refractivity contribution in [3.05, 3.63) is 27.7 Å². The van der Waals surface area contributed by atoms with E-state index in [2.05, 4.69) is 20.9 Å². The fraction of sp³-hybridized carbons (Fsp3) is 0.667. The maximum absolute atomic E-state index is 15.1. The molecule has 1 aromatic rings. The molecule has 0 bridgehead atoms. The summed E-state index contributed by atoms with van der Waals surface area (Å²) in [5.41, 5.74) is -5.37. The van der Waals surface area contributed by atoms with Crippen LogP contribution in [0, 0.1) is 16.6 Å². The minimum Gasteiger partial charge on any atom is -0.481 e. The van der Waals surface area contributed by atoms with Gasteiger partial charge in [0.05, 0.1) is 11.1 Å². The van der Waals surface area contributed by atoms with Crippen molar-refractivity contribution in [3.63, 3.8) is 0 Å². The lowest BCUT2D eigenvalue weighted by Gasteiger charge is -2.56. The van der Waals surface area contributed by atoms with Crippen LogP contribution < -0.4 is 0 Å². The highest BCUT2D eigenvalue weighted by atomic mass is 79.9. The van der Waals surface area contributed by atoms with E-state index in [1.165, 1.54) is 24.8 Å². The van der Waals surface area contributed by atoms with Crippen molar-refractivity contribution < 1.29 is 28.6 Å². The van der Waals surface area contributed by atoms with Gasteiger partial charge >= 0.3 is 12.1 Å². The Balaban J connectivity index is 2.60. The molecule has 0 aliphatic carbocycles.